The van der Waals surface area contributed by atoms with E-state index in [0.29, 0.717) is 24.0 Å². The number of rotatable bonds is 6. The van der Waals surface area contributed by atoms with Crippen LogP contribution in [0.15, 0.2) is 59.1 Å². The van der Waals surface area contributed by atoms with Crippen LogP contribution in [0.4, 0.5) is 5.69 Å². The summed E-state index contributed by atoms with van der Waals surface area (Å²) in [4.78, 5) is 16.2. The molecule has 1 amide bonds. The van der Waals surface area contributed by atoms with Crippen LogP contribution in [-0.4, -0.2) is 22.7 Å². The van der Waals surface area contributed by atoms with Crippen LogP contribution in [-0.2, 0) is 4.79 Å². The van der Waals surface area contributed by atoms with Crippen LogP contribution in [0, 0.1) is 6.92 Å². The van der Waals surface area contributed by atoms with Crippen molar-refractivity contribution < 1.29 is 14.1 Å². The number of hydrogen-bond acceptors (Lipinski definition) is 5. The van der Waals surface area contributed by atoms with E-state index < -0.39 is 0 Å². The Kier molecular flexibility index (Phi) is 4.86. The highest BCUT2D eigenvalue weighted by Crippen LogP contribution is 2.21. The molecule has 3 rings (SSSR count). The topological polar surface area (TPSA) is 77.2 Å². The first kappa shape index (κ1) is 15.7. The molecule has 0 fully saturated rings. The highest BCUT2D eigenvalue weighted by Gasteiger charge is 2.08. The average molecular weight is 323 g/mol. The number of aryl methyl sites for hydroxylation is 1. The zero-order valence-corrected chi connectivity index (χ0v) is 13.2. The van der Waals surface area contributed by atoms with E-state index in [1.807, 2.05) is 48.5 Å². The van der Waals surface area contributed by atoms with E-state index in [1.165, 1.54) is 0 Å². The molecule has 6 heteroatoms. The van der Waals surface area contributed by atoms with E-state index in [0.717, 1.165) is 11.3 Å². The third kappa shape index (κ3) is 4.19. The van der Waals surface area contributed by atoms with Crippen molar-refractivity contribution in [2.45, 2.75) is 13.3 Å². The number of carbonyl (C=O) groups is 1. The summed E-state index contributed by atoms with van der Waals surface area (Å²) in [5, 5.41) is 6.60. The summed E-state index contributed by atoms with van der Waals surface area (Å²) in [5.41, 5.74) is 1.43. The summed E-state index contributed by atoms with van der Waals surface area (Å²) >= 11 is 0. The summed E-state index contributed by atoms with van der Waals surface area (Å²) in [6, 6.07) is 16.7. The SMILES string of the molecule is Cc1noc(-c2cccc(NC(=O)CCOc3ccccc3)c2)n1. The monoisotopic (exact) mass is 323 g/mol. The molecule has 0 aliphatic heterocycles. The van der Waals surface area contributed by atoms with Crippen molar-refractivity contribution >= 4 is 11.6 Å². The van der Waals surface area contributed by atoms with Crippen molar-refractivity contribution in [3.63, 3.8) is 0 Å². The van der Waals surface area contributed by atoms with Gasteiger partial charge in [0.1, 0.15) is 5.75 Å². The van der Waals surface area contributed by atoms with Crippen LogP contribution in [0.2, 0.25) is 0 Å². The first-order valence-corrected chi connectivity index (χ1v) is 7.59. The van der Waals surface area contributed by atoms with Gasteiger partial charge in [-0.1, -0.05) is 29.4 Å². The molecule has 0 radical (unpaired) electrons. The Morgan fingerprint density at radius 2 is 2.00 bits per heavy atom. The van der Waals surface area contributed by atoms with Gasteiger partial charge in [-0.25, -0.2) is 0 Å². The van der Waals surface area contributed by atoms with Gasteiger partial charge >= 0.3 is 0 Å². The minimum Gasteiger partial charge on any atom is -0.493 e. The normalized spacial score (nSPS) is 10.4. The van der Waals surface area contributed by atoms with Crippen LogP contribution in [0.1, 0.15) is 12.2 Å². The minimum absolute atomic E-state index is 0.121. The maximum atomic E-state index is 12.0. The van der Waals surface area contributed by atoms with E-state index in [2.05, 4.69) is 15.5 Å². The number of anilines is 1. The largest absolute Gasteiger partial charge is 0.493 e. The zero-order valence-electron chi connectivity index (χ0n) is 13.2. The molecule has 0 aliphatic carbocycles. The van der Waals surface area contributed by atoms with E-state index in [1.54, 1.807) is 13.0 Å². The molecule has 2 aromatic carbocycles. The molecule has 0 unspecified atom stereocenters. The van der Waals surface area contributed by atoms with Crippen LogP contribution in [0.25, 0.3) is 11.5 Å². The van der Waals surface area contributed by atoms with E-state index in [4.69, 9.17) is 9.26 Å². The summed E-state index contributed by atoms with van der Waals surface area (Å²) in [6.07, 6.45) is 0.263. The Hall–Kier alpha value is -3.15. The minimum atomic E-state index is -0.121. The lowest BCUT2D eigenvalue weighted by atomic mass is 10.2. The second-order valence-electron chi connectivity index (χ2n) is 5.19. The van der Waals surface area contributed by atoms with E-state index in [-0.39, 0.29) is 12.3 Å². The number of ether oxygens (including phenoxy) is 1. The fraction of sp³-hybridized carbons (Fsp3) is 0.167. The molecule has 0 saturated carbocycles. The predicted octanol–water partition coefficient (Wildman–Crippen LogP) is 3.45. The number of hydrogen-bond donors (Lipinski definition) is 1. The lowest BCUT2D eigenvalue weighted by Gasteiger charge is -2.07. The number of carbonyl (C=O) groups excluding carboxylic acids is 1. The number of nitrogens with zero attached hydrogens (tertiary/aromatic N) is 2. The Morgan fingerprint density at radius 1 is 1.17 bits per heavy atom. The lowest BCUT2D eigenvalue weighted by Crippen LogP contribution is -2.15. The molecule has 0 bridgehead atoms. The highest BCUT2D eigenvalue weighted by atomic mass is 16.5. The first-order chi connectivity index (χ1) is 11.7. The van der Waals surface area contributed by atoms with Gasteiger partial charge in [-0.05, 0) is 37.3 Å². The molecular weight excluding hydrogens is 306 g/mol. The molecule has 1 N–H and O–H groups in total. The molecule has 24 heavy (non-hydrogen) atoms. The van der Waals surface area contributed by atoms with Gasteiger partial charge in [0.25, 0.3) is 5.89 Å². The summed E-state index contributed by atoms with van der Waals surface area (Å²) in [5.74, 6) is 1.62. The molecule has 3 aromatic rings. The molecule has 1 aromatic heterocycles. The third-order valence-electron chi connectivity index (χ3n) is 3.26. The molecular formula is C18H17N3O3. The second kappa shape index (κ2) is 7.41. The summed E-state index contributed by atoms with van der Waals surface area (Å²) < 4.78 is 10.6. The van der Waals surface area contributed by atoms with Gasteiger partial charge in [0.2, 0.25) is 5.91 Å². The smallest absolute Gasteiger partial charge is 0.257 e. The molecule has 122 valence electrons. The second-order valence-corrected chi connectivity index (χ2v) is 5.19. The van der Waals surface area contributed by atoms with Crippen molar-refractivity contribution in [1.29, 1.82) is 0 Å². The quantitative estimate of drug-likeness (QED) is 0.752. The highest BCUT2D eigenvalue weighted by molar-refractivity contribution is 5.91. The van der Waals surface area contributed by atoms with Crippen LogP contribution in [0.5, 0.6) is 5.75 Å². The Bertz CT molecular complexity index is 815. The zero-order chi connectivity index (χ0) is 16.8. The Labute approximate surface area is 139 Å². The Balaban J connectivity index is 1.54. The molecule has 6 nitrogen and oxygen atoms in total. The molecule has 0 aliphatic rings. The number of amides is 1. The first-order valence-electron chi connectivity index (χ1n) is 7.59. The number of aromatic nitrogens is 2. The lowest BCUT2D eigenvalue weighted by molar-refractivity contribution is -0.116. The molecule has 0 saturated heterocycles. The maximum Gasteiger partial charge on any atom is 0.257 e. The van der Waals surface area contributed by atoms with Gasteiger partial charge in [-0.3, -0.25) is 4.79 Å². The van der Waals surface area contributed by atoms with Crippen molar-refractivity contribution in [2.24, 2.45) is 0 Å². The van der Waals surface area contributed by atoms with Crippen LogP contribution in [0.3, 0.4) is 0 Å². The number of para-hydroxylation sites is 1. The number of nitrogens with one attached hydrogen (secondary N) is 1. The van der Waals surface area contributed by atoms with E-state index in [9.17, 15) is 4.79 Å². The van der Waals surface area contributed by atoms with Crippen molar-refractivity contribution in [3.05, 3.63) is 60.4 Å². The fourth-order valence-corrected chi connectivity index (χ4v) is 2.15. The van der Waals surface area contributed by atoms with Gasteiger partial charge < -0.3 is 14.6 Å². The summed E-state index contributed by atoms with van der Waals surface area (Å²) in [7, 11) is 0. The van der Waals surface area contributed by atoms with Gasteiger partial charge in [0.15, 0.2) is 5.82 Å². The standard InChI is InChI=1S/C18H17N3O3/c1-13-19-18(24-21-13)14-6-5-7-15(12-14)20-17(22)10-11-23-16-8-3-2-4-9-16/h2-9,12H,10-11H2,1H3,(H,20,22). The number of benzene rings is 2. The van der Waals surface area contributed by atoms with Gasteiger partial charge in [-0.15, -0.1) is 0 Å². The fourth-order valence-electron chi connectivity index (χ4n) is 2.15. The van der Waals surface area contributed by atoms with Gasteiger partial charge in [-0.2, -0.15) is 4.98 Å². The third-order valence-corrected chi connectivity index (χ3v) is 3.26. The van der Waals surface area contributed by atoms with Crippen molar-refractivity contribution in [1.82, 2.24) is 10.1 Å². The van der Waals surface area contributed by atoms with Gasteiger partial charge in [0, 0.05) is 11.3 Å². The van der Waals surface area contributed by atoms with Crippen molar-refractivity contribution in [3.8, 4) is 17.2 Å². The molecule has 0 atom stereocenters. The van der Waals surface area contributed by atoms with Crippen LogP contribution >= 0.6 is 0 Å². The summed E-state index contributed by atoms with van der Waals surface area (Å²) in [6.45, 7) is 2.07. The maximum absolute atomic E-state index is 12.0. The Morgan fingerprint density at radius 3 is 2.75 bits per heavy atom. The average Bonchev–Trinajstić information content (AvgIpc) is 3.03. The van der Waals surface area contributed by atoms with E-state index >= 15 is 0 Å². The van der Waals surface area contributed by atoms with Crippen molar-refractivity contribution in [2.75, 3.05) is 11.9 Å². The predicted molar refractivity (Wildman–Crippen MR) is 89.7 cm³/mol. The molecule has 0 spiro atoms. The van der Waals surface area contributed by atoms with Gasteiger partial charge in [0.05, 0.1) is 13.0 Å². The molecule has 1 heterocycles. The van der Waals surface area contributed by atoms with Crippen LogP contribution < -0.4 is 10.1 Å².